The van der Waals surface area contributed by atoms with Crippen molar-refractivity contribution in [2.24, 2.45) is 5.92 Å². The minimum atomic E-state index is -0.658. The Morgan fingerprint density at radius 3 is 2.69 bits per heavy atom. The van der Waals surface area contributed by atoms with Crippen molar-refractivity contribution in [1.29, 1.82) is 0 Å². The van der Waals surface area contributed by atoms with Crippen LogP contribution in [0.25, 0.3) is 0 Å². The van der Waals surface area contributed by atoms with Crippen LogP contribution in [0.5, 0.6) is 11.5 Å². The summed E-state index contributed by atoms with van der Waals surface area (Å²) >= 11 is 0. The Labute approximate surface area is 168 Å². The standard InChI is InChI=1S/C22H23FN2O4/c1-13(2)15-3-5-16(6-4-15)28-11-14-9-25(10-14)22(27)17-7-19-20(8-18(17)23)29-12-21(26)24-19/h3-8,13-14H,9-12H2,1-2H3,(H,24,26). The Hall–Kier alpha value is -3.09. The minimum absolute atomic E-state index is 0.0711. The third-order valence-electron chi connectivity index (χ3n) is 5.21. The number of carbonyl (C=O) groups is 2. The monoisotopic (exact) mass is 398 g/mol. The maximum Gasteiger partial charge on any atom is 0.262 e. The van der Waals surface area contributed by atoms with E-state index in [0.717, 1.165) is 11.8 Å². The predicted molar refractivity (Wildman–Crippen MR) is 106 cm³/mol. The molecule has 0 aliphatic carbocycles. The molecule has 2 aliphatic heterocycles. The van der Waals surface area contributed by atoms with Crippen molar-refractivity contribution in [2.75, 3.05) is 31.6 Å². The highest BCUT2D eigenvalue weighted by Gasteiger charge is 2.33. The van der Waals surface area contributed by atoms with Gasteiger partial charge in [-0.15, -0.1) is 0 Å². The second-order valence-electron chi connectivity index (χ2n) is 7.78. The molecule has 2 heterocycles. The molecule has 6 nitrogen and oxygen atoms in total. The molecule has 2 aromatic rings. The van der Waals surface area contributed by atoms with Crippen molar-refractivity contribution in [2.45, 2.75) is 19.8 Å². The smallest absolute Gasteiger partial charge is 0.262 e. The summed E-state index contributed by atoms with van der Waals surface area (Å²) in [5, 5.41) is 2.59. The van der Waals surface area contributed by atoms with Gasteiger partial charge in [0.2, 0.25) is 0 Å². The van der Waals surface area contributed by atoms with Crippen LogP contribution < -0.4 is 14.8 Å². The lowest BCUT2D eigenvalue weighted by Crippen LogP contribution is -2.52. The van der Waals surface area contributed by atoms with Crippen LogP contribution in [0.15, 0.2) is 36.4 Å². The molecule has 0 spiro atoms. The Kier molecular flexibility index (Phi) is 5.13. The Morgan fingerprint density at radius 1 is 1.28 bits per heavy atom. The van der Waals surface area contributed by atoms with Gasteiger partial charge in [0.25, 0.3) is 11.8 Å². The second kappa shape index (κ2) is 7.73. The van der Waals surface area contributed by atoms with Crippen molar-refractivity contribution in [3.8, 4) is 11.5 Å². The lowest BCUT2D eigenvalue weighted by Gasteiger charge is -2.39. The molecule has 2 amide bonds. The van der Waals surface area contributed by atoms with Gasteiger partial charge in [0.1, 0.15) is 17.3 Å². The average molecular weight is 398 g/mol. The van der Waals surface area contributed by atoms with Crippen LogP contribution in [0, 0.1) is 11.7 Å². The molecular weight excluding hydrogens is 375 g/mol. The first-order valence-electron chi connectivity index (χ1n) is 9.69. The number of amides is 2. The second-order valence-corrected chi connectivity index (χ2v) is 7.78. The maximum atomic E-state index is 14.3. The number of nitrogens with zero attached hydrogens (tertiary/aromatic N) is 1. The number of hydrogen-bond acceptors (Lipinski definition) is 4. The SMILES string of the molecule is CC(C)c1ccc(OCC2CN(C(=O)c3cc4c(cc3F)OCC(=O)N4)C2)cc1. The fourth-order valence-electron chi connectivity index (χ4n) is 3.44. The molecule has 1 saturated heterocycles. The first-order chi connectivity index (χ1) is 13.9. The van der Waals surface area contributed by atoms with E-state index in [-0.39, 0.29) is 29.7 Å². The van der Waals surface area contributed by atoms with Crippen molar-refractivity contribution in [3.05, 3.63) is 53.3 Å². The van der Waals surface area contributed by atoms with Gasteiger partial charge in [0, 0.05) is 25.1 Å². The first kappa shape index (κ1) is 19.2. The Bertz CT molecular complexity index is 937. The van der Waals surface area contributed by atoms with Gasteiger partial charge >= 0.3 is 0 Å². The minimum Gasteiger partial charge on any atom is -0.493 e. The fraction of sp³-hybridized carbons (Fsp3) is 0.364. The Balaban J connectivity index is 1.32. The molecule has 0 atom stereocenters. The van der Waals surface area contributed by atoms with Crippen molar-refractivity contribution >= 4 is 17.5 Å². The third-order valence-corrected chi connectivity index (χ3v) is 5.21. The molecule has 0 unspecified atom stereocenters. The van der Waals surface area contributed by atoms with Crippen molar-refractivity contribution in [1.82, 2.24) is 4.90 Å². The number of fused-ring (bicyclic) bond motifs is 1. The van der Waals surface area contributed by atoms with Crippen LogP contribution in [-0.4, -0.2) is 43.0 Å². The van der Waals surface area contributed by atoms with E-state index in [1.807, 2.05) is 12.1 Å². The summed E-state index contributed by atoms with van der Waals surface area (Å²) in [7, 11) is 0. The third kappa shape index (κ3) is 4.04. The average Bonchev–Trinajstić information content (AvgIpc) is 2.66. The summed E-state index contributed by atoms with van der Waals surface area (Å²) in [4.78, 5) is 25.6. The molecule has 2 aromatic carbocycles. The van der Waals surface area contributed by atoms with Gasteiger partial charge in [-0.3, -0.25) is 9.59 Å². The molecule has 0 radical (unpaired) electrons. The highest BCUT2D eigenvalue weighted by molar-refractivity contribution is 6.00. The summed E-state index contributed by atoms with van der Waals surface area (Å²) in [5.41, 5.74) is 1.50. The van der Waals surface area contributed by atoms with Gasteiger partial charge in [-0.25, -0.2) is 4.39 Å². The zero-order valence-corrected chi connectivity index (χ0v) is 16.4. The molecule has 2 aliphatic rings. The van der Waals surface area contributed by atoms with Gasteiger partial charge in [-0.2, -0.15) is 0 Å². The normalized spacial score (nSPS) is 16.0. The Morgan fingerprint density at radius 2 is 2.00 bits per heavy atom. The number of ether oxygens (including phenoxy) is 2. The number of likely N-dealkylation sites (tertiary alicyclic amines) is 1. The zero-order valence-electron chi connectivity index (χ0n) is 16.4. The molecule has 7 heteroatoms. The molecule has 0 aromatic heterocycles. The quantitative estimate of drug-likeness (QED) is 0.838. The molecule has 0 bridgehead atoms. The van der Waals surface area contributed by atoms with Crippen LogP contribution in [0.1, 0.15) is 35.7 Å². The number of halogens is 1. The van der Waals surface area contributed by atoms with Crippen molar-refractivity contribution < 1.29 is 23.5 Å². The summed E-state index contributed by atoms with van der Waals surface area (Å²) < 4.78 is 25.3. The van der Waals surface area contributed by atoms with Crippen LogP contribution in [-0.2, 0) is 4.79 Å². The molecule has 1 fully saturated rings. The van der Waals surface area contributed by atoms with Gasteiger partial charge in [0.15, 0.2) is 6.61 Å². The summed E-state index contributed by atoms with van der Waals surface area (Å²) in [5.74, 6) is 0.321. The van der Waals surface area contributed by atoms with E-state index in [9.17, 15) is 14.0 Å². The van der Waals surface area contributed by atoms with E-state index in [2.05, 4.69) is 31.3 Å². The summed E-state index contributed by atoms with van der Waals surface area (Å²) in [6.45, 7) is 5.63. The number of hydrogen-bond donors (Lipinski definition) is 1. The van der Waals surface area contributed by atoms with Crippen LogP contribution in [0.2, 0.25) is 0 Å². The fourth-order valence-corrected chi connectivity index (χ4v) is 3.44. The summed E-state index contributed by atoms with van der Waals surface area (Å²) in [6, 6.07) is 10.5. The largest absolute Gasteiger partial charge is 0.493 e. The maximum absolute atomic E-state index is 14.3. The van der Waals surface area contributed by atoms with Gasteiger partial charge in [-0.05, 0) is 29.7 Å². The molecule has 4 rings (SSSR count). The lowest BCUT2D eigenvalue weighted by atomic mass is 9.99. The predicted octanol–water partition coefficient (Wildman–Crippen LogP) is 3.43. The number of carbonyl (C=O) groups excluding carboxylic acids is 2. The van der Waals surface area contributed by atoms with Gasteiger partial charge in [0.05, 0.1) is 17.9 Å². The van der Waals surface area contributed by atoms with Crippen LogP contribution in [0.3, 0.4) is 0 Å². The molecule has 0 saturated carbocycles. The molecule has 29 heavy (non-hydrogen) atoms. The van der Waals surface area contributed by atoms with Gasteiger partial charge < -0.3 is 19.7 Å². The number of benzene rings is 2. The number of anilines is 1. The van der Waals surface area contributed by atoms with Gasteiger partial charge in [-0.1, -0.05) is 26.0 Å². The molecule has 152 valence electrons. The van der Waals surface area contributed by atoms with E-state index >= 15 is 0 Å². The van der Waals surface area contributed by atoms with Crippen LogP contribution >= 0.6 is 0 Å². The van der Waals surface area contributed by atoms with Crippen LogP contribution in [0.4, 0.5) is 10.1 Å². The number of nitrogens with one attached hydrogen (secondary N) is 1. The first-order valence-corrected chi connectivity index (χ1v) is 9.69. The highest BCUT2D eigenvalue weighted by Crippen LogP contribution is 2.32. The lowest BCUT2D eigenvalue weighted by molar-refractivity contribution is -0.118. The topological polar surface area (TPSA) is 67.9 Å². The molecular formula is C22H23FN2O4. The summed E-state index contributed by atoms with van der Waals surface area (Å²) in [6.07, 6.45) is 0. The number of rotatable bonds is 5. The van der Waals surface area contributed by atoms with E-state index in [1.165, 1.54) is 11.6 Å². The highest BCUT2D eigenvalue weighted by atomic mass is 19.1. The van der Waals surface area contributed by atoms with E-state index in [0.29, 0.717) is 31.3 Å². The zero-order chi connectivity index (χ0) is 20.5. The van der Waals surface area contributed by atoms with Crippen molar-refractivity contribution in [3.63, 3.8) is 0 Å². The van der Waals surface area contributed by atoms with E-state index in [4.69, 9.17) is 9.47 Å². The van der Waals surface area contributed by atoms with E-state index < -0.39 is 11.7 Å². The van der Waals surface area contributed by atoms with E-state index in [1.54, 1.807) is 4.90 Å². The molecule has 1 N–H and O–H groups in total.